The second kappa shape index (κ2) is 3.98. The van der Waals surface area contributed by atoms with Gasteiger partial charge in [0.25, 0.3) is 0 Å². The van der Waals surface area contributed by atoms with E-state index in [4.69, 9.17) is 9.84 Å². The van der Waals surface area contributed by atoms with Crippen molar-refractivity contribution < 1.29 is 14.9 Å². The topological polar surface area (TPSA) is 49.7 Å². The van der Waals surface area contributed by atoms with Crippen LogP contribution in [0.3, 0.4) is 0 Å². The second-order valence-corrected chi connectivity index (χ2v) is 3.57. The van der Waals surface area contributed by atoms with Crippen LogP contribution < -0.4 is 4.74 Å². The molecular formula is C11H14O3. The molecule has 1 saturated carbocycles. The molecule has 2 atom stereocenters. The van der Waals surface area contributed by atoms with Crippen LogP contribution in [0.5, 0.6) is 5.75 Å². The van der Waals surface area contributed by atoms with Crippen molar-refractivity contribution in [3.8, 4) is 5.75 Å². The first-order chi connectivity index (χ1) is 6.81. The second-order valence-electron chi connectivity index (χ2n) is 3.57. The predicted octanol–water partition coefficient (Wildman–Crippen LogP) is 1.08. The van der Waals surface area contributed by atoms with E-state index in [0.29, 0.717) is 5.75 Å². The van der Waals surface area contributed by atoms with Crippen molar-refractivity contribution in [3.05, 3.63) is 29.8 Å². The molecule has 3 nitrogen and oxygen atoms in total. The van der Waals surface area contributed by atoms with Gasteiger partial charge in [0.1, 0.15) is 11.9 Å². The first kappa shape index (κ1) is 9.49. The Labute approximate surface area is 83.0 Å². The van der Waals surface area contributed by atoms with E-state index in [1.54, 1.807) is 0 Å². The monoisotopic (exact) mass is 194 g/mol. The number of ether oxygens (including phenoxy) is 1. The fourth-order valence-corrected chi connectivity index (χ4v) is 1.50. The highest BCUT2D eigenvalue weighted by Gasteiger charge is 2.31. The maximum Gasteiger partial charge on any atom is 0.125 e. The molecule has 0 heterocycles. The van der Waals surface area contributed by atoms with Crippen LogP contribution in [-0.2, 0) is 6.61 Å². The normalized spacial score (nSPS) is 25.6. The standard InChI is InChI=1S/C11H14O3/c12-7-8-3-1-2-4-10(8)14-11-6-5-9(11)13/h1-4,9,11-13H,5-7H2/t9-,11-/m0/s1. The Morgan fingerprint density at radius 2 is 2.07 bits per heavy atom. The highest BCUT2D eigenvalue weighted by atomic mass is 16.5. The van der Waals surface area contributed by atoms with Gasteiger partial charge in [-0.3, -0.25) is 0 Å². The molecule has 1 aromatic rings. The Bertz CT molecular complexity index is 311. The zero-order valence-corrected chi connectivity index (χ0v) is 7.89. The lowest BCUT2D eigenvalue weighted by Gasteiger charge is -2.33. The average Bonchev–Trinajstić information content (AvgIpc) is 2.24. The largest absolute Gasteiger partial charge is 0.487 e. The number of hydrogen-bond acceptors (Lipinski definition) is 3. The lowest BCUT2D eigenvalue weighted by molar-refractivity contribution is -0.0369. The molecule has 0 spiro atoms. The molecule has 0 saturated heterocycles. The highest BCUT2D eigenvalue weighted by Crippen LogP contribution is 2.27. The highest BCUT2D eigenvalue weighted by molar-refractivity contribution is 5.33. The van der Waals surface area contributed by atoms with E-state index in [-0.39, 0.29) is 18.8 Å². The minimum atomic E-state index is -0.346. The summed E-state index contributed by atoms with van der Waals surface area (Å²) < 4.78 is 5.57. The van der Waals surface area contributed by atoms with Crippen LogP contribution in [-0.4, -0.2) is 22.4 Å². The molecule has 1 aromatic carbocycles. The van der Waals surface area contributed by atoms with E-state index < -0.39 is 0 Å². The fraction of sp³-hybridized carbons (Fsp3) is 0.455. The van der Waals surface area contributed by atoms with Crippen molar-refractivity contribution in [2.24, 2.45) is 0 Å². The average molecular weight is 194 g/mol. The molecule has 0 unspecified atom stereocenters. The summed E-state index contributed by atoms with van der Waals surface area (Å²) in [4.78, 5) is 0. The zero-order valence-electron chi connectivity index (χ0n) is 7.89. The van der Waals surface area contributed by atoms with Gasteiger partial charge in [-0.05, 0) is 18.9 Å². The summed E-state index contributed by atoms with van der Waals surface area (Å²) in [5.41, 5.74) is 0.770. The van der Waals surface area contributed by atoms with E-state index in [0.717, 1.165) is 18.4 Å². The van der Waals surface area contributed by atoms with Crippen molar-refractivity contribution in [3.63, 3.8) is 0 Å². The molecule has 2 N–H and O–H groups in total. The number of para-hydroxylation sites is 1. The molecule has 0 bridgehead atoms. The van der Waals surface area contributed by atoms with Crippen LogP contribution in [0.15, 0.2) is 24.3 Å². The lowest BCUT2D eigenvalue weighted by Crippen LogP contribution is -2.41. The van der Waals surface area contributed by atoms with Crippen LogP contribution >= 0.6 is 0 Å². The number of aliphatic hydroxyl groups is 2. The van der Waals surface area contributed by atoms with Gasteiger partial charge in [0.2, 0.25) is 0 Å². The molecule has 1 fully saturated rings. The van der Waals surface area contributed by atoms with Crippen LogP contribution in [0.2, 0.25) is 0 Å². The summed E-state index contributed by atoms with van der Waals surface area (Å²) in [5, 5.41) is 18.4. The molecule has 1 aliphatic carbocycles. The van der Waals surface area contributed by atoms with Crippen LogP contribution in [0, 0.1) is 0 Å². The smallest absolute Gasteiger partial charge is 0.125 e. The number of rotatable bonds is 3. The van der Waals surface area contributed by atoms with E-state index in [1.807, 2.05) is 24.3 Å². The Morgan fingerprint density at radius 1 is 1.29 bits per heavy atom. The number of benzene rings is 1. The molecule has 2 rings (SSSR count). The van der Waals surface area contributed by atoms with E-state index >= 15 is 0 Å². The molecule has 14 heavy (non-hydrogen) atoms. The van der Waals surface area contributed by atoms with Crippen LogP contribution in [0.4, 0.5) is 0 Å². The SMILES string of the molecule is OCc1ccccc1O[C@H]1CC[C@@H]1O. The van der Waals surface area contributed by atoms with Crippen molar-refractivity contribution in [1.82, 2.24) is 0 Å². The van der Waals surface area contributed by atoms with Crippen molar-refractivity contribution >= 4 is 0 Å². The Balaban J connectivity index is 2.07. The van der Waals surface area contributed by atoms with Gasteiger partial charge in [0, 0.05) is 5.56 Å². The first-order valence-corrected chi connectivity index (χ1v) is 4.84. The maximum absolute atomic E-state index is 9.35. The van der Waals surface area contributed by atoms with Gasteiger partial charge in [0.15, 0.2) is 0 Å². The summed E-state index contributed by atoms with van der Waals surface area (Å²) in [6.07, 6.45) is 1.26. The Hall–Kier alpha value is -1.06. The third-order valence-corrected chi connectivity index (χ3v) is 2.60. The molecule has 3 heteroatoms. The summed E-state index contributed by atoms with van der Waals surface area (Å²) in [6, 6.07) is 7.35. The Morgan fingerprint density at radius 3 is 2.64 bits per heavy atom. The van der Waals surface area contributed by atoms with Crippen molar-refractivity contribution in [2.45, 2.75) is 31.7 Å². The molecular weight excluding hydrogens is 180 g/mol. The number of hydrogen-bond donors (Lipinski definition) is 2. The summed E-state index contributed by atoms with van der Waals surface area (Å²) in [6.45, 7) is -0.0288. The molecule has 0 amide bonds. The molecule has 76 valence electrons. The third-order valence-electron chi connectivity index (χ3n) is 2.60. The van der Waals surface area contributed by atoms with Gasteiger partial charge in [-0.2, -0.15) is 0 Å². The summed E-state index contributed by atoms with van der Waals surface area (Å²) in [5.74, 6) is 0.679. The lowest BCUT2D eigenvalue weighted by atomic mass is 9.92. The third kappa shape index (κ3) is 1.74. The van der Waals surface area contributed by atoms with Gasteiger partial charge in [-0.25, -0.2) is 0 Å². The van der Waals surface area contributed by atoms with E-state index in [1.165, 1.54) is 0 Å². The molecule has 0 aliphatic heterocycles. The van der Waals surface area contributed by atoms with Gasteiger partial charge < -0.3 is 14.9 Å². The van der Waals surface area contributed by atoms with Crippen LogP contribution in [0.25, 0.3) is 0 Å². The first-order valence-electron chi connectivity index (χ1n) is 4.84. The van der Waals surface area contributed by atoms with E-state index in [2.05, 4.69) is 0 Å². The molecule has 0 aromatic heterocycles. The Kier molecular flexibility index (Phi) is 2.70. The minimum Gasteiger partial charge on any atom is -0.487 e. The van der Waals surface area contributed by atoms with Crippen molar-refractivity contribution in [2.75, 3.05) is 0 Å². The zero-order chi connectivity index (χ0) is 9.97. The van der Waals surface area contributed by atoms with Gasteiger partial charge in [-0.1, -0.05) is 18.2 Å². The molecule has 1 aliphatic rings. The number of aliphatic hydroxyl groups excluding tert-OH is 2. The predicted molar refractivity (Wildman–Crippen MR) is 52.0 cm³/mol. The minimum absolute atomic E-state index is 0.0288. The van der Waals surface area contributed by atoms with Gasteiger partial charge >= 0.3 is 0 Å². The van der Waals surface area contributed by atoms with Gasteiger partial charge in [0.05, 0.1) is 12.7 Å². The fourth-order valence-electron chi connectivity index (χ4n) is 1.50. The van der Waals surface area contributed by atoms with Gasteiger partial charge in [-0.15, -0.1) is 0 Å². The maximum atomic E-state index is 9.35. The van der Waals surface area contributed by atoms with Crippen LogP contribution in [0.1, 0.15) is 18.4 Å². The van der Waals surface area contributed by atoms with Crippen molar-refractivity contribution in [1.29, 1.82) is 0 Å². The quantitative estimate of drug-likeness (QED) is 0.757. The van der Waals surface area contributed by atoms with E-state index in [9.17, 15) is 5.11 Å². The summed E-state index contributed by atoms with van der Waals surface area (Å²) >= 11 is 0. The molecule has 0 radical (unpaired) electrons. The summed E-state index contributed by atoms with van der Waals surface area (Å²) in [7, 11) is 0.